The zero-order valence-electron chi connectivity index (χ0n) is 10.1. The van der Waals surface area contributed by atoms with Crippen molar-refractivity contribution in [1.29, 1.82) is 0 Å². The van der Waals surface area contributed by atoms with E-state index in [2.05, 4.69) is 5.32 Å². The number of thiophene rings is 1. The van der Waals surface area contributed by atoms with Crippen LogP contribution in [0.3, 0.4) is 0 Å². The van der Waals surface area contributed by atoms with Gasteiger partial charge in [0.15, 0.2) is 0 Å². The molecule has 1 heterocycles. The molecule has 98 valence electrons. The van der Waals surface area contributed by atoms with Crippen LogP contribution < -0.4 is 5.32 Å². The Balaban J connectivity index is 2.28. The molecule has 0 radical (unpaired) electrons. The van der Waals surface area contributed by atoms with Gasteiger partial charge >= 0.3 is 0 Å². The van der Waals surface area contributed by atoms with E-state index < -0.39 is 6.10 Å². The van der Waals surface area contributed by atoms with Crippen molar-refractivity contribution in [3.05, 3.63) is 22.4 Å². The lowest BCUT2D eigenvalue weighted by molar-refractivity contribution is 0.0830. The Kier molecular flexibility index (Phi) is 7.39. The van der Waals surface area contributed by atoms with Gasteiger partial charge in [-0.25, -0.2) is 0 Å². The molecule has 0 saturated carbocycles. The number of hydrogen-bond acceptors (Lipinski definition) is 5. The minimum Gasteiger partial charge on any atom is -0.394 e. The second kappa shape index (κ2) is 8.60. The molecule has 2 atom stereocenters. The van der Waals surface area contributed by atoms with E-state index in [0.717, 1.165) is 11.3 Å². The summed E-state index contributed by atoms with van der Waals surface area (Å²) < 4.78 is 5.16. The molecule has 0 aliphatic heterocycles. The largest absolute Gasteiger partial charge is 0.394 e. The highest BCUT2D eigenvalue weighted by Gasteiger charge is 2.19. The van der Waals surface area contributed by atoms with E-state index in [1.807, 2.05) is 24.4 Å². The van der Waals surface area contributed by atoms with Gasteiger partial charge in [0.2, 0.25) is 0 Å². The van der Waals surface area contributed by atoms with Gasteiger partial charge in [-0.05, 0) is 17.9 Å². The SMILES string of the molecule is CCC(NCCOCCO)C(O)c1cccs1. The summed E-state index contributed by atoms with van der Waals surface area (Å²) in [5.74, 6) is 0. The maximum Gasteiger partial charge on any atom is 0.103 e. The molecule has 0 bridgehead atoms. The molecule has 0 aliphatic carbocycles. The van der Waals surface area contributed by atoms with Crippen molar-refractivity contribution < 1.29 is 14.9 Å². The smallest absolute Gasteiger partial charge is 0.103 e. The second-order valence-corrected chi connectivity index (χ2v) is 4.74. The Morgan fingerprint density at radius 1 is 1.47 bits per heavy atom. The van der Waals surface area contributed by atoms with Crippen LogP contribution in [-0.2, 0) is 4.74 Å². The lowest BCUT2D eigenvalue weighted by Crippen LogP contribution is -2.36. The van der Waals surface area contributed by atoms with Gasteiger partial charge in [-0.2, -0.15) is 0 Å². The van der Waals surface area contributed by atoms with Gasteiger partial charge in [-0.1, -0.05) is 13.0 Å². The van der Waals surface area contributed by atoms with Crippen LogP contribution in [0.2, 0.25) is 0 Å². The Hall–Kier alpha value is -0.460. The van der Waals surface area contributed by atoms with Crippen molar-refractivity contribution in [2.24, 2.45) is 0 Å². The Bertz CT molecular complexity index is 279. The minimum absolute atomic E-state index is 0.0476. The van der Waals surface area contributed by atoms with Gasteiger partial charge in [0.05, 0.1) is 19.8 Å². The fourth-order valence-electron chi connectivity index (χ4n) is 1.62. The van der Waals surface area contributed by atoms with E-state index in [9.17, 15) is 5.11 Å². The molecule has 0 fully saturated rings. The topological polar surface area (TPSA) is 61.7 Å². The first-order valence-electron chi connectivity index (χ1n) is 5.93. The zero-order valence-corrected chi connectivity index (χ0v) is 10.9. The Morgan fingerprint density at radius 2 is 2.29 bits per heavy atom. The quantitative estimate of drug-likeness (QED) is 0.582. The van der Waals surface area contributed by atoms with Crippen molar-refractivity contribution in [3.8, 4) is 0 Å². The molecule has 0 saturated heterocycles. The standard InChI is InChI=1S/C12H21NO3S/c1-2-10(13-5-7-16-8-6-14)12(15)11-4-3-9-17-11/h3-4,9-10,12-15H,2,5-8H2,1H3. The molecule has 0 spiro atoms. The summed E-state index contributed by atoms with van der Waals surface area (Å²) in [6.07, 6.45) is 0.400. The van der Waals surface area contributed by atoms with Crippen molar-refractivity contribution in [2.45, 2.75) is 25.5 Å². The highest BCUT2D eigenvalue weighted by atomic mass is 32.1. The molecule has 1 aromatic rings. The molecular formula is C12H21NO3S. The normalized spacial score (nSPS) is 14.8. The zero-order chi connectivity index (χ0) is 12.5. The molecular weight excluding hydrogens is 238 g/mol. The maximum atomic E-state index is 10.1. The number of hydrogen-bond donors (Lipinski definition) is 3. The van der Waals surface area contributed by atoms with Gasteiger partial charge in [-0.15, -0.1) is 11.3 Å². The van der Waals surface area contributed by atoms with Gasteiger partial charge in [-0.3, -0.25) is 0 Å². The molecule has 0 amide bonds. The third kappa shape index (κ3) is 5.14. The van der Waals surface area contributed by atoms with Gasteiger partial charge in [0, 0.05) is 17.5 Å². The molecule has 1 rings (SSSR count). The minimum atomic E-state index is -0.460. The average Bonchev–Trinajstić information content (AvgIpc) is 2.87. The highest BCUT2D eigenvalue weighted by molar-refractivity contribution is 7.10. The fraction of sp³-hybridized carbons (Fsp3) is 0.667. The van der Waals surface area contributed by atoms with Crippen LogP contribution in [0.25, 0.3) is 0 Å². The second-order valence-electron chi connectivity index (χ2n) is 3.77. The molecule has 17 heavy (non-hydrogen) atoms. The number of ether oxygens (including phenoxy) is 1. The lowest BCUT2D eigenvalue weighted by Gasteiger charge is -2.22. The van der Waals surface area contributed by atoms with Crippen LogP contribution >= 0.6 is 11.3 Å². The third-order valence-electron chi connectivity index (χ3n) is 2.54. The monoisotopic (exact) mass is 259 g/mol. The Labute approximate surface area is 106 Å². The number of aliphatic hydroxyl groups is 2. The van der Waals surface area contributed by atoms with Gasteiger partial charge in [0.25, 0.3) is 0 Å². The molecule has 1 aromatic heterocycles. The van der Waals surface area contributed by atoms with Gasteiger partial charge < -0.3 is 20.3 Å². The first kappa shape index (κ1) is 14.6. The van der Waals surface area contributed by atoms with E-state index >= 15 is 0 Å². The summed E-state index contributed by atoms with van der Waals surface area (Å²) in [6.45, 7) is 3.69. The van der Waals surface area contributed by atoms with Crippen LogP contribution in [-0.4, -0.2) is 42.6 Å². The first-order valence-corrected chi connectivity index (χ1v) is 6.81. The molecule has 2 unspecified atom stereocenters. The predicted octanol–water partition coefficient (Wildman–Crippen LogP) is 1.16. The van der Waals surface area contributed by atoms with Crippen molar-refractivity contribution in [2.75, 3.05) is 26.4 Å². The predicted molar refractivity (Wildman–Crippen MR) is 69.3 cm³/mol. The molecule has 4 nitrogen and oxygen atoms in total. The number of aliphatic hydroxyl groups excluding tert-OH is 2. The highest BCUT2D eigenvalue weighted by Crippen LogP contribution is 2.23. The summed E-state index contributed by atoms with van der Waals surface area (Å²) in [5.41, 5.74) is 0. The summed E-state index contributed by atoms with van der Waals surface area (Å²) in [4.78, 5) is 0.987. The number of rotatable bonds is 9. The van der Waals surface area contributed by atoms with Crippen molar-refractivity contribution in [3.63, 3.8) is 0 Å². The van der Waals surface area contributed by atoms with E-state index in [4.69, 9.17) is 9.84 Å². The summed E-state index contributed by atoms with van der Waals surface area (Å²) in [6, 6.07) is 3.94. The Morgan fingerprint density at radius 3 is 2.88 bits per heavy atom. The lowest BCUT2D eigenvalue weighted by atomic mass is 10.1. The van der Waals surface area contributed by atoms with E-state index in [1.165, 1.54) is 0 Å². The van der Waals surface area contributed by atoms with Crippen LogP contribution in [0.4, 0.5) is 0 Å². The summed E-state index contributed by atoms with van der Waals surface area (Å²) >= 11 is 1.57. The van der Waals surface area contributed by atoms with E-state index in [-0.39, 0.29) is 12.6 Å². The maximum absolute atomic E-state index is 10.1. The number of nitrogens with one attached hydrogen (secondary N) is 1. The van der Waals surface area contributed by atoms with E-state index in [0.29, 0.717) is 19.8 Å². The van der Waals surface area contributed by atoms with Crippen LogP contribution in [0, 0.1) is 0 Å². The van der Waals surface area contributed by atoms with Crippen molar-refractivity contribution in [1.82, 2.24) is 5.32 Å². The molecule has 3 N–H and O–H groups in total. The van der Waals surface area contributed by atoms with Crippen LogP contribution in [0.15, 0.2) is 17.5 Å². The average molecular weight is 259 g/mol. The van der Waals surface area contributed by atoms with Gasteiger partial charge in [0.1, 0.15) is 6.10 Å². The molecule has 5 heteroatoms. The first-order chi connectivity index (χ1) is 8.29. The summed E-state index contributed by atoms with van der Waals surface area (Å²) in [5, 5.41) is 23.9. The fourth-order valence-corrected chi connectivity index (χ4v) is 2.40. The molecule has 0 aliphatic rings. The van der Waals surface area contributed by atoms with Crippen LogP contribution in [0.5, 0.6) is 0 Å². The summed E-state index contributed by atoms with van der Waals surface area (Å²) in [7, 11) is 0. The molecule has 0 aromatic carbocycles. The van der Waals surface area contributed by atoms with Crippen molar-refractivity contribution >= 4 is 11.3 Å². The van der Waals surface area contributed by atoms with E-state index in [1.54, 1.807) is 11.3 Å². The van der Waals surface area contributed by atoms with Crippen LogP contribution in [0.1, 0.15) is 24.3 Å². The third-order valence-corrected chi connectivity index (χ3v) is 3.49.